The molecule has 20 heavy (non-hydrogen) atoms. The number of para-hydroxylation sites is 1. The number of nitrogens with one attached hydrogen (secondary N) is 1. The number of H-pyrrole nitrogens is 1. The fourth-order valence-electron chi connectivity index (χ4n) is 2.23. The molecule has 2 nitrogen and oxygen atoms in total. The fourth-order valence-corrected chi connectivity index (χ4v) is 2.45. The molecule has 0 bridgehead atoms. The third-order valence-corrected chi connectivity index (χ3v) is 3.46. The predicted octanol–water partition coefficient (Wildman–Crippen LogP) is 4.58. The highest BCUT2D eigenvalue weighted by Crippen LogP contribution is 2.33. The minimum Gasteiger partial charge on any atom is -0.353 e. The van der Waals surface area contributed by atoms with E-state index in [-0.39, 0.29) is 5.56 Å². The lowest BCUT2D eigenvalue weighted by atomic mass is 10.1. The molecule has 0 fully saturated rings. The van der Waals surface area contributed by atoms with Crippen molar-refractivity contribution in [2.75, 3.05) is 0 Å². The van der Waals surface area contributed by atoms with Crippen LogP contribution in [0.2, 0.25) is 5.02 Å². The van der Waals surface area contributed by atoms with Gasteiger partial charge in [-0.05, 0) is 18.2 Å². The van der Waals surface area contributed by atoms with Crippen LogP contribution in [0, 0.1) is 11.6 Å². The number of rotatable bonds is 2. The lowest BCUT2D eigenvalue weighted by molar-refractivity contribution is 0.112. The predicted molar refractivity (Wildman–Crippen MR) is 74.0 cm³/mol. The van der Waals surface area contributed by atoms with E-state index < -0.39 is 11.6 Å². The number of aromatic nitrogens is 1. The van der Waals surface area contributed by atoms with Crippen molar-refractivity contribution < 1.29 is 13.6 Å². The number of hydrogen-bond donors (Lipinski definition) is 1. The summed E-state index contributed by atoms with van der Waals surface area (Å²) in [4.78, 5) is 14.2. The van der Waals surface area contributed by atoms with Crippen molar-refractivity contribution in [2.45, 2.75) is 0 Å². The third-order valence-electron chi connectivity index (χ3n) is 3.14. The van der Waals surface area contributed by atoms with Crippen molar-refractivity contribution in [3.05, 3.63) is 58.6 Å². The lowest BCUT2D eigenvalue weighted by Crippen LogP contribution is -1.90. The van der Waals surface area contributed by atoms with E-state index in [0.717, 1.165) is 12.1 Å². The monoisotopic (exact) mass is 291 g/mol. The Hall–Kier alpha value is -2.20. The fraction of sp³-hybridized carbons (Fsp3) is 0. The molecular weight excluding hydrogens is 284 g/mol. The first-order valence-corrected chi connectivity index (χ1v) is 6.20. The van der Waals surface area contributed by atoms with Crippen molar-refractivity contribution >= 4 is 28.8 Å². The first kappa shape index (κ1) is 12.8. The van der Waals surface area contributed by atoms with Crippen molar-refractivity contribution in [3.8, 4) is 11.3 Å². The van der Waals surface area contributed by atoms with Gasteiger partial charge in [-0.3, -0.25) is 4.79 Å². The van der Waals surface area contributed by atoms with Gasteiger partial charge in [0.05, 0.1) is 16.2 Å². The Labute approximate surface area is 118 Å². The van der Waals surface area contributed by atoms with Crippen LogP contribution in [0.25, 0.3) is 22.2 Å². The molecule has 0 aliphatic rings. The quantitative estimate of drug-likeness (QED) is 0.689. The van der Waals surface area contributed by atoms with E-state index in [1.807, 2.05) is 0 Å². The summed E-state index contributed by atoms with van der Waals surface area (Å²) in [6.07, 6.45) is 0.632. The second-order valence-electron chi connectivity index (χ2n) is 4.32. The van der Waals surface area contributed by atoms with Crippen molar-refractivity contribution in [3.63, 3.8) is 0 Å². The average molecular weight is 292 g/mol. The molecule has 2 aromatic carbocycles. The highest BCUT2D eigenvalue weighted by atomic mass is 35.5. The number of carbonyl (C=O) groups is 1. The number of benzene rings is 2. The molecule has 0 unspecified atom stereocenters. The maximum atomic E-state index is 13.9. The van der Waals surface area contributed by atoms with E-state index in [1.165, 1.54) is 6.07 Å². The van der Waals surface area contributed by atoms with Gasteiger partial charge < -0.3 is 4.98 Å². The maximum Gasteiger partial charge on any atom is 0.152 e. The van der Waals surface area contributed by atoms with Gasteiger partial charge >= 0.3 is 0 Å². The molecule has 3 rings (SSSR count). The van der Waals surface area contributed by atoms with Gasteiger partial charge in [-0.25, -0.2) is 8.78 Å². The molecule has 0 aliphatic carbocycles. The SMILES string of the molecule is O=Cc1c(-c2ccc(F)cc2F)[nH]c2c(Cl)cccc12. The van der Waals surface area contributed by atoms with Crippen molar-refractivity contribution in [1.29, 1.82) is 0 Å². The lowest BCUT2D eigenvalue weighted by Gasteiger charge is -2.02. The van der Waals surface area contributed by atoms with Crippen LogP contribution in [0.1, 0.15) is 10.4 Å². The summed E-state index contributed by atoms with van der Waals surface area (Å²) in [5, 5.41) is 1.03. The minimum absolute atomic E-state index is 0.126. The Kier molecular flexibility index (Phi) is 3.03. The molecule has 3 aromatic rings. The van der Waals surface area contributed by atoms with Crippen LogP contribution in [-0.2, 0) is 0 Å². The van der Waals surface area contributed by atoms with E-state index in [4.69, 9.17) is 11.6 Å². The molecule has 0 saturated carbocycles. The van der Waals surface area contributed by atoms with Gasteiger partial charge in [-0.1, -0.05) is 23.7 Å². The second kappa shape index (κ2) is 4.72. The first-order chi connectivity index (χ1) is 9.61. The second-order valence-corrected chi connectivity index (χ2v) is 4.73. The van der Waals surface area contributed by atoms with Gasteiger partial charge in [0, 0.05) is 22.6 Å². The van der Waals surface area contributed by atoms with Gasteiger partial charge in [0.25, 0.3) is 0 Å². The first-order valence-electron chi connectivity index (χ1n) is 5.82. The van der Waals surface area contributed by atoms with Crippen LogP contribution < -0.4 is 0 Å². The normalized spacial score (nSPS) is 10.9. The Balaban J connectivity index is 2.36. The Morgan fingerprint density at radius 1 is 1.15 bits per heavy atom. The van der Waals surface area contributed by atoms with Gasteiger partial charge in [0.2, 0.25) is 0 Å². The average Bonchev–Trinajstić information content (AvgIpc) is 2.78. The van der Waals surface area contributed by atoms with Crippen LogP contribution >= 0.6 is 11.6 Å². The van der Waals surface area contributed by atoms with Crippen LogP contribution in [0.3, 0.4) is 0 Å². The zero-order valence-corrected chi connectivity index (χ0v) is 10.8. The molecule has 0 radical (unpaired) electrons. The van der Waals surface area contributed by atoms with Gasteiger partial charge in [-0.2, -0.15) is 0 Å². The van der Waals surface area contributed by atoms with E-state index in [9.17, 15) is 13.6 Å². The summed E-state index contributed by atoms with van der Waals surface area (Å²) in [6.45, 7) is 0. The summed E-state index contributed by atoms with van der Waals surface area (Å²) in [6, 6.07) is 8.29. The number of hydrogen-bond acceptors (Lipinski definition) is 1. The summed E-state index contributed by atoms with van der Waals surface area (Å²) in [5.74, 6) is -1.41. The van der Waals surface area contributed by atoms with E-state index in [1.54, 1.807) is 18.2 Å². The zero-order valence-electron chi connectivity index (χ0n) is 10.1. The number of carbonyl (C=O) groups excluding carboxylic acids is 1. The molecule has 0 amide bonds. The molecule has 0 aliphatic heterocycles. The van der Waals surface area contributed by atoms with E-state index in [0.29, 0.717) is 33.5 Å². The highest BCUT2D eigenvalue weighted by Gasteiger charge is 2.17. The summed E-state index contributed by atoms with van der Waals surface area (Å²) < 4.78 is 26.8. The Morgan fingerprint density at radius 3 is 2.65 bits per heavy atom. The van der Waals surface area contributed by atoms with Crippen LogP contribution in [-0.4, -0.2) is 11.3 Å². The summed E-state index contributed by atoms with van der Waals surface area (Å²) >= 11 is 6.05. The zero-order chi connectivity index (χ0) is 14.3. The Morgan fingerprint density at radius 2 is 1.95 bits per heavy atom. The summed E-state index contributed by atoms with van der Waals surface area (Å²) in [7, 11) is 0. The van der Waals surface area contributed by atoms with E-state index in [2.05, 4.69) is 4.98 Å². The van der Waals surface area contributed by atoms with Gasteiger partial charge in [0.1, 0.15) is 11.6 Å². The Bertz CT molecular complexity index is 826. The third kappa shape index (κ3) is 1.89. The number of aromatic amines is 1. The largest absolute Gasteiger partial charge is 0.353 e. The molecule has 1 N–H and O–H groups in total. The standard InChI is InChI=1S/C15H8ClF2NO/c16-12-3-1-2-9-11(7-20)14(19-15(9)12)10-5-4-8(17)6-13(10)18/h1-7,19H. The number of aldehydes is 1. The van der Waals surface area contributed by atoms with Crippen LogP contribution in [0.5, 0.6) is 0 Å². The smallest absolute Gasteiger partial charge is 0.152 e. The molecule has 0 spiro atoms. The molecule has 5 heteroatoms. The maximum absolute atomic E-state index is 13.9. The van der Waals surface area contributed by atoms with Crippen molar-refractivity contribution in [1.82, 2.24) is 4.98 Å². The van der Waals surface area contributed by atoms with Crippen LogP contribution in [0.4, 0.5) is 8.78 Å². The molecule has 0 saturated heterocycles. The molecule has 0 atom stereocenters. The van der Waals surface area contributed by atoms with Crippen LogP contribution in [0.15, 0.2) is 36.4 Å². The molecule has 1 heterocycles. The molecular formula is C15H8ClF2NO. The van der Waals surface area contributed by atoms with Gasteiger partial charge in [-0.15, -0.1) is 0 Å². The minimum atomic E-state index is -0.740. The number of fused-ring (bicyclic) bond motifs is 1. The number of halogens is 3. The van der Waals surface area contributed by atoms with Crippen molar-refractivity contribution in [2.24, 2.45) is 0 Å². The highest BCUT2D eigenvalue weighted by molar-refractivity contribution is 6.35. The van der Waals surface area contributed by atoms with Gasteiger partial charge in [0.15, 0.2) is 6.29 Å². The molecule has 1 aromatic heterocycles. The summed E-state index contributed by atoms with van der Waals surface area (Å²) in [5.41, 5.74) is 1.27. The molecule has 100 valence electrons. The topological polar surface area (TPSA) is 32.9 Å². The van der Waals surface area contributed by atoms with E-state index >= 15 is 0 Å².